The molecule has 0 saturated heterocycles. The zero-order chi connectivity index (χ0) is 16.4. The maximum absolute atomic E-state index is 12.5. The zero-order valence-corrected chi connectivity index (χ0v) is 13.0. The van der Waals surface area contributed by atoms with Crippen molar-refractivity contribution in [2.75, 3.05) is 14.2 Å². The van der Waals surface area contributed by atoms with Gasteiger partial charge in [-0.05, 0) is 12.5 Å². The van der Waals surface area contributed by atoms with Gasteiger partial charge in [0.15, 0.2) is 0 Å². The van der Waals surface area contributed by atoms with Crippen LogP contribution >= 0.6 is 0 Å². The number of nitrogens with zero attached hydrogens (tertiary/aromatic N) is 2. The third kappa shape index (κ3) is 2.47. The van der Waals surface area contributed by atoms with E-state index in [2.05, 4.69) is 0 Å². The van der Waals surface area contributed by atoms with Crippen LogP contribution < -0.4 is 0 Å². The molecule has 3 amide bonds. The monoisotopic (exact) mass is 302 g/mol. The molecule has 116 valence electrons. The Balaban J connectivity index is 2.71. The lowest BCUT2D eigenvalue weighted by molar-refractivity contribution is -0.137. The molecule has 1 aliphatic rings. The van der Waals surface area contributed by atoms with Crippen LogP contribution in [-0.4, -0.2) is 41.9 Å². The van der Waals surface area contributed by atoms with Gasteiger partial charge in [-0.3, -0.25) is 9.69 Å². The molecule has 0 fully saturated rings. The van der Waals surface area contributed by atoms with Crippen LogP contribution in [0.15, 0.2) is 41.6 Å². The van der Waals surface area contributed by atoms with Gasteiger partial charge in [-0.2, -0.15) is 0 Å². The standard InChI is InChI=1S/C16H18N2O4/c1-10-13(15(20)22-4)14(12-8-6-5-7-9-12)18(11(2)19)16(21)17(10)3/h5-9,14H,1-4H3. The highest BCUT2D eigenvalue weighted by atomic mass is 16.5. The van der Waals surface area contributed by atoms with Crippen LogP contribution in [0.2, 0.25) is 0 Å². The third-order valence-corrected chi connectivity index (χ3v) is 3.78. The summed E-state index contributed by atoms with van der Waals surface area (Å²) in [4.78, 5) is 39.1. The van der Waals surface area contributed by atoms with Gasteiger partial charge in [0.2, 0.25) is 5.91 Å². The van der Waals surface area contributed by atoms with Crippen molar-refractivity contribution in [3.8, 4) is 0 Å². The molecule has 1 heterocycles. The molecule has 1 aromatic carbocycles. The van der Waals surface area contributed by atoms with E-state index in [0.29, 0.717) is 11.3 Å². The number of carbonyl (C=O) groups excluding carboxylic acids is 3. The molecule has 0 radical (unpaired) electrons. The summed E-state index contributed by atoms with van der Waals surface area (Å²) >= 11 is 0. The van der Waals surface area contributed by atoms with Crippen molar-refractivity contribution >= 4 is 17.9 Å². The summed E-state index contributed by atoms with van der Waals surface area (Å²) in [5.74, 6) is -0.989. The second-order valence-electron chi connectivity index (χ2n) is 5.03. The van der Waals surface area contributed by atoms with Crippen LogP contribution in [0, 0.1) is 0 Å². The lowest BCUT2D eigenvalue weighted by atomic mass is 9.93. The van der Waals surface area contributed by atoms with Gasteiger partial charge in [0.1, 0.15) is 6.04 Å². The highest BCUT2D eigenvalue weighted by molar-refractivity contribution is 6.01. The number of benzene rings is 1. The fourth-order valence-corrected chi connectivity index (χ4v) is 2.56. The molecule has 0 spiro atoms. The summed E-state index contributed by atoms with van der Waals surface area (Å²) in [5, 5.41) is 0. The molecule has 0 aromatic heterocycles. The minimum absolute atomic E-state index is 0.283. The highest BCUT2D eigenvalue weighted by Crippen LogP contribution is 2.37. The van der Waals surface area contributed by atoms with Gasteiger partial charge in [-0.25, -0.2) is 9.59 Å². The number of carbonyl (C=O) groups is 3. The van der Waals surface area contributed by atoms with Crippen LogP contribution in [0.25, 0.3) is 0 Å². The Hall–Kier alpha value is -2.63. The largest absolute Gasteiger partial charge is 0.466 e. The van der Waals surface area contributed by atoms with Crippen LogP contribution in [-0.2, 0) is 14.3 Å². The van der Waals surface area contributed by atoms with Gasteiger partial charge in [0, 0.05) is 19.7 Å². The molecular formula is C16H18N2O4. The van der Waals surface area contributed by atoms with E-state index in [9.17, 15) is 14.4 Å². The number of hydrogen-bond acceptors (Lipinski definition) is 4. The van der Waals surface area contributed by atoms with Gasteiger partial charge in [0.25, 0.3) is 0 Å². The van der Waals surface area contributed by atoms with Crippen molar-refractivity contribution in [1.29, 1.82) is 0 Å². The summed E-state index contributed by atoms with van der Waals surface area (Å²) < 4.78 is 4.85. The Morgan fingerprint density at radius 2 is 1.77 bits per heavy atom. The molecule has 0 bridgehead atoms. The molecule has 2 rings (SSSR count). The lowest BCUT2D eigenvalue weighted by Gasteiger charge is -2.39. The predicted octanol–water partition coefficient (Wildman–Crippen LogP) is 2.09. The summed E-state index contributed by atoms with van der Waals surface area (Å²) in [6.45, 7) is 2.97. The SMILES string of the molecule is COC(=O)C1=C(C)N(C)C(=O)N(C(C)=O)C1c1ccccc1. The van der Waals surface area contributed by atoms with Crippen molar-refractivity contribution in [1.82, 2.24) is 9.80 Å². The summed E-state index contributed by atoms with van der Waals surface area (Å²) in [6, 6.07) is 7.71. The predicted molar refractivity (Wildman–Crippen MR) is 79.6 cm³/mol. The molecule has 0 aliphatic carbocycles. The lowest BCUT2D eigenvalue weighted by Crippen LogP contribution is -2.51. The van der Waals surface area contributed by atoms with Crippen molar-refractivity contribution in [3.63, 3.8) is 0 Å². The van der Waals surface area contributed by atoms with Gasteiger partial charge in [-0.15, -0.1) is 0 Å². The van der Waals surface area contributed by atoms with Gasteiger partial charge < -0.3 is 9.64 Å². The van der Waals surface area contributed by atoms with Crippen LogP contribution in [0.5, 0.6) is 0 Å². The smallest absolute Gasteiger partial charge is 0.338 e. The Morgan fingerprint density at radius 3 is 2.27 bits per heavy atom. The molecule has 1 aromatic rings. The minimum atomic E-state index is -0.783. The summed E-state index contributed by atoms with van der Waals surface area (Å²) in [7, 11) is 2.80. The topological polar surface area (TPSA) is 66.9 Å². The number of urea groups is 1. The second-order valence-corrected chi connectivity index (χ2v) is 5.03. The molecular weight excluding hydrogens is 284 g/mol. The van der Waals surface area contributed by atoms with Gasteiger partial charge >= 0.3 is 12.0 Å². The molecule has 1 aliphatic heterocycles. The summed E-state index contributed by atoms with van der Waals surface area (Å²) in [5.41, 5.74) is 1.44. The number of ether oxygens (including phenoxy) is 1. The fourth-order valence-electron chi connectivity index (χ4n) is 2.56. The van der Waals surface area contributed by atoms with Gasteiger partial charge in [-0.1, -0.05) is 30.3 Å². The number of amides is 3. The third-order valence-electron chi connectivity index (χ3n) is 3.78. The Labute approximate surface area is 129 Å². The van der Waals surface area contributed by atoms with Gasteiger partial charge in [0.05, 0.1) is 12.7 Å². The number of esters is 1. The normalized spacial score (nSPS) is 18.5. The highest BCUT2D eigenvalue weighted by Gasteiger charge is 2.42. The number of hydrogen-bond donors (Lipinski definition) is 0. The zero-order valence-electron chi connectivity index (χ0n) is 13.0. The maximum atomic E-state index is 12.5. The quantitative estimate of drug-likeness (QED) is 0.785. The first-order chi connectivity index (χ1) is 10.4. The number of methoxy groups -OCH3 is 1. The molecule has 22 heavy (non-hydrogen) atoms. The minimum Gasteiger partial charge on any atom is -0.466 e. The van der Waals surface area contributed by atoms with E-state index in [4.69, 9.17) is 4.74 Å². The second kappa shape index (κ2) is 6.01. The van der Waals surface area contributed by atoms with E-state index in [1.165, 1.54) is 26.0 Å². The molecule has 6 heteroatoms. The molecule has 0 saturated carbocycles. The molecule has 1 atom stereocenters. The van der Waals surface area contributed by atoms with E-state index in [0.717, 1.165) is 4.90 Å². The van der Waals surface area contributed by atoms with Crippen LogP contribution in [0.3, 0.4) is 0 Å². The van der Waals surface area contributed by atoms with Crippen molar-refractivity contribution in [2.45, 2.75) is 19.9 Å². The Bertz CT molecular complexity index is 651. The number of allylic oxidation sites excluding steroid dienone is 1. The van der Waals surface area contributed by atoms with E-state index in [1.807, 2.05) is 6.07 Å². The van der Waals surface area contributed by atoms with Crippen molar-refractivity contribution in [3.05, 3.63) is 47.2 Å². The first-order valence-electron chi connectivity index (χ1n) is 6.81. The average molecular weight is 302 g/mol. The first-order valence-corrected chi connectivity index (χ1v) is 6.81. The summed E-state index contributed by atoms with van der Waals surface area (Å²) in [6.07, 6.45) is 0. The van der Waals surface area contributed by atoms with Crippen LogP contribution in [0.4, 0.5) is 4.79 Å². The van der Waals surface area contributed by atoms with Crippen LogP contribution in [0.1, 0.15) is 25.5 Å². The van der Waals surface area contributed by atoms with Crippen molar-refractivity contribution in [2.24, 2.45) is 0 Å². The van der Waals surface area contributed by atoms with E-state index in [1.54, 1.807) is 31.2 Å². The molecule has 1 unspecified atom stereocenters. The number of rotatable bonds is 2. The molecule has 0 N–H and O–H groups in total. The molecule has 6 nitrogen and oxygen atoms in total. The maximum Gasteiger partial charge on any atom is 0.338 e. The Kier molecular flexibility index (Phi) is 4.30. The fraction of sp³-hybridized carbons (Fsp3) is 0.312. The first kappa shape index (κ1) is 15.8. The van der Waals surface area contributed by atoms with E-state index in [-0.39, 0.29) is 5.57 Å². The van der Waals surface area contributed by atoms with E-state index >= 15 is 0 Å². The van der Waals surface area contributed by atoms with E-state index < -0.39 is 23.9 Å². The average Bonchev–Trinajstić information content (AvgIpc) is 2.52. The Morgan fingerprint density at radius 1 is 1.18 bits per heavy atom. The number of imide groups is 1. The van der Waals surface area contributed by atoms with Crippen molar-refractivity contribution < 1.29 is 19.1 Å².